The zero-order valence-electron chi connectivity index (χ0n) is 12.4. The molecule has 1 fully saturated rings. The number of rotatable bonds is 2. The van der Waals surface area contributed by atoms with Crippen LogP contribution in [-0.4, -0.2) is 24.5 Å². The van der Waals surface area contributed by atoms with Crippen molar-refractivity contribution in [3.05, 3.63) is 35.1 Å². The van der Waals surface area contributed by atoms with E-state index in [4.69, 9.17) is 5.73 Å². The molecule has 1 aromatic rings. The average molecular weight is 274 g/mol. The first kappa shape index (κ1) is 15.0. The van der Waals surface area contributed by atoms with Crippen molar-refractivity contribution in [3.63, 3.8) is 0 Å². The molecule has 0 aromatic heterocycles. The van der Waals surface area contributed by atoms with Gasteiger partial charge < -0.3 is 5.73 Å². The number of benzene rings is 1. The smallest absolute Gasteiger partial charge is 0.124 e. The molecule has 2 nitrogen and oxygen atoms in total. The van der Waals surface area contributed by atoms with E-state index in [1.165, 1.54) is 25.0 Å². The van der Waals surface area contributed by atoms with Gasteiger partial charge in [-0.05, 0) is 49.0 Å². The van der Waals surface area contributed by atoms with Gasteiger partial charge in [-0.3, -0.25) is 4.90 Å². The normalized spacial score (nSPS) is 18.4. The van der Waals surface area contributed by atoms with Crippen LogP contribution in [0.2, 0.25) is 0 Å². The van der Waals surface area contributed by atoms with Crippen molar-refractivity contribution < 1.29 is 4.39 Å². The molecule has 0 aliphatic carbocycles. The van der Waals surface area contributed by atoms with E-state index in [9.17, 15) is 4.39 Å². The first-order valence-electron chi connectivity index (χ1n) is 7.20. The lowest BCUT2D eigenvalue weighted by molar-refractivity contribution is 0.127. The van der Waals surface area contributed by atoms with Crippen LogP contribution in [0.3, 0.4) is 0 Å². The summed E-state index contributed by atoms with van der Waals surface area (Å²) in [6, 6.07) is 4.86. The number of hydrogen-bond acceptors (Lipinski definition) is 2. The van der Waals surface area contributed by atoms with Crippen molar-refractivity contribution >= 4 is 0 Å². The Morgan fingerprint density at radius 2 is 2.00 bits per heavy atom. The van der Waals surface area contributed by atoms with E-state index in [0.717, 1.165) is 30.8 Å². The molecule has 2 N–H and O–H groups in total. The van der Waals surface area contributed by atoms with Gasteiger partial charge in [0.05, 0.1) is 6.54 Å². The summed E-state index contributed by atoms with van der Waals surface area (Å²) in [5.74, 6) is 5.55. The van der Waals surface area contributed by atoms with E-state index in [1.54, 1.807) is 0 Å². The van der Waals surface area contributed by atoms with Crippen molar-refractivity contribution in [2.24, 2.45) is 11.1 Å². The van der Waals surface area contributed by atoms with Gasteiger partial charge in [-0.2, -0.15) is 0 Å². The maximum absolute atomic E-state index is 13.3. The fourth-order valence-corrected chi connectivity index (χ4v) is 2.51. The lowest BCUT2D eigenvalue weighted by atomic mass is 9.82. The molecule has 0 spiro atoms. The maximum Gasteiger partial charge on any atom is 0.124 e. The molecule has 0 bridgehead atoms. The Balaban J connectivity index is 2.09. The van der Waals surface area contributed by atoms with Gasteiger partial charge in [0.1, 0.15) is 5.82 Å². The Morgan fingerprint density at radius 3 is 2.65 bits per heavy atom. The SMILES string of the molecule is CC1(C)CCN(Cc2ccc(F)cc2C#CCN)CC1. The second-order valence-electron chi connectivity index (χ2n) is 6.25. The molecule has 1 aliphatic heterocycles. The Bertz CT molecular complexity index is 516. The molecule has 3 heteroatoms. The number of likely N-dealkylation sites (tertiary alicyclic amines) is 1. The van der Waals surface area contributed by atoms with Crippen LogP contribution in [0.15, 0.2) is 18.2 Å². The highest BCUT2D eigenvalue weighted by Crippen LogP contribution is 2.30. The summed E-state index contributed by atoms with van der Waals surface area (Å²) in [6.45, 7) is 7.96. The summed E-state index contributed by atoms with van der Waals surface area (Å²) in [5.41, 5.74) is 7.70. The summed E-state index contributed by atoms with van der Waals surface area (Å²) in [6.07, 6.45) is 2.41. The van der Waals surface area contributed by atoms with Gasteiger partial charge in [0.2, 0.25) is 0 Å². The van der Waals surface area contributed by atoms with Crippen LogP contribution in [0.5, 0.6) is 0 Å². The van der Waals surface area contributed by atoms with E-state index in [-0.39, 0.29) is 5.82 Å². The summed E-state index contributed by atoms with van der Waals surface area (Å²) >= 11 is 0. The molecule has 1 aliphatic rings. The summed E-state index contributed by atoms with van der Waals surface area (Å²) in [7, 11) is 0. The molecule has 2 rings (SSSR count). The molecule has 108 valence electrons. The highest BCUT2D eigenvalue weighted by Gasteiger charge is 2.25. The van der Waals surface area contributed by atoms with Crippen molar-refractivity contribution in [2.45, 2.75) is 33.2 Å². The summed E-state index contributed by atoms with van der Waals surface area (Å²) in [5, 5.41) is 0. The largest absolute Gasteiger partial charge is 0.320 e. The van der Waals surface area contributed by atoms with Crippen LogP contribution in [-0.2, 0) is 6.54 Å². The van der Waals surface area contributed by atoms with Crippen LogP contribution >= 0.6 is 0 Å². The summed E-state index contributed by atoms with van der Waals surface area (Å²) < 4.78 is 13.3. The molecule has 0 amide bonds. The molecule has 1 heterocycles. The summed E-state index contributed by atoms with van der Waals surface area (Å²) in [4.78, 5) is 2.42. The topological polar surface area (TPSA) is 29.3 Å². The zero-order chi connectivity index (χ0) is 14.6. The molecular formula is C17H23FN2. The minimum absolute atomic E-state index is 0.241. The van der Waals surface area contributed by atoms with Crippen molar-refractivity contribution in [3.8, 4) is 11.8 Å². The molecular weight excluding hydrogens is 251 g/mol. The number of nitrogens with two attached hydrogens (primary N) is 1. The van der Waals surface area contributed by atoms with E-state index in [0.29, 0.717) is 12.0 Å². The lowest BCUT2D eigenvalue weighted by Crippen LogP contribution is -2.36. The number of piperidine rings is 1. The molecule has 0 radical (unpaired) electrons. The predicted molar refractivity (Wildman–Crippen MR) is 80.6 cm³/mol. The predicted octanol–water partition coefficient (Wildman–Crippen LogP) is 2.76. The van der Waals surface area contributed by atoms with Crippen LogP contribution < -0.4 is 5.73 Å². The fraction of sp³-hybridized carbons (Fsp3) is 0.529. The van der Waals surface area contributed by atoms with Gasteiger partial charge in [-0.15, -0.1) is 0 Å². The van der Waals surface area contributed by atoms with E-state index < -0.39 is 0 Å². The minimum Gasteiger partial charge on any atom is -0.320 e. The average Bonchev–Trinajstić information content (AvgIpc) is 2.41. The highest BCUT2D eigenvalue weighted by molar-refractivity contribution is 5.41. The van der Waals surface area contributed by atoms with Gasteiger partial charge in [-0.1, -0.05) is 31.8 Å². The fourth-order valence-electron chi connectivity index (χ4n) is 2.51. The molecule has 0 saturated carbocycles. The third kappa shape index (κ3) is 4.06. The first-order valence-corrected chi connectivity index (χ1v) is 7.20. The maximum atomic E-state index is 13.3. The highest BCUT2D eigenvalue weighted by atomic mass is 19.1. The van der Waals surface area contributed by atoms with E-state index in [1.807, 2.05) is 6.07 Å². The molecule has 1 saturated heterocycles. The number of halogens is 1. The van der Waals surface area contributed by atoms with Crippen molar-refractivity contribution in [1.29, 1.82) is 0 Å². The van der Waals surface area contributed by atoms with Crippen molar-refractivity contribution in [2.75, 3.05) is 19.6 Å². The van der Waals surface area contributed by atoms with Gasteiger partial charge in [0, 0.05) is 12.1 Å². The van der Waals surface area contributed by atoms with Crippen molar-refractivity contribution in [1.82, 2.24) is 4.90 Å². The Hall–Kier alpha value is -1.37. The zero-order valence-corrected chi connectivity index (χ0v) is 12.4. The Labute approximate surface area is 121 Å². The first-order chi connectivity index (χ1) is 9.50. The van der Waals surface area contributed by atoms with Crippen LogP contribution in [0.25, 0.3) is 0 Å². The number of hydrogen-bond donors (Lipinski definition) is 1. The second-order valence-corrected chi connectivity index (χ2v) is 6.25. The molecule has 1 aromatic carbocycles. The van der Waals surface area contributed by atoms with Crippen LogP contribution in [0.4, 0.5) is 4.39 Å². The molecule has 0 unspecified atom stereocenters. The van der Waals surface area contributed by atoms with Gasteiger partial charge in [0.25, 0.3) is 0 Å². The second kappa shape index (κ2) is 6.39. The van der Waals surface area contributed by atoms with E-state index >= 15 is 0 Å². The third-order valence-corrected chi connectivity index (χ3v) is 4.00. The number of nitrogens with zero attached hydrogens (tertiary/aromatic N) is 1. The third-order valence-electron chi connectivity index (χ3n) is 4.00. The monoisotopic (exact) mass is 274 g/mol. The van der Waals surface area contributed by atoms with Gasteiger partial charge in [0.15, 0.2) is 0 Å². The van der Waals surface area contributed by atoms with Crippen LogP contribution in [0.1, 0.15) is 37.8 Å². The Morgan fingerprint density at radius 1 is 1.30 bits per heavy atom. The van der Waals surface area contributed by atoms with Crippen LogP contribution in [0, 0.1) is 23.1 Å². The van der Waals surface area contributed by atoms with Gasteiger partial charge >= 0.3 is 0 Å². The lowest BCUT2D eigenvalue weighted by Gasteiger charge is -2.37. The minimum atomic E-state index is -0.241. The molecule has 0 atom stereocenters. The molecule has 20 heavy (non-hydrogen) atoms. The standard InChI is InChI=1S/C17H23FN2/c1-17(2)7-10-20(11-8-17)13-15-5-6-16(18)12-14(15)4-3-9-19/h5-6,12H,7-11,13,19H2,1-2H3. The quantitative estimate of drug-likeness (QED) is 0.840. The van der Waals surface area contributed by atoms with E-state index in [2.05, 4.69) is 30.6 Å². The van der Waals surface area contributed by atoms with Gasteiger partial charge in [-0.25, -0.2) is 4.39 Å². The Kier molecular flexibility index (Phi) is 4.80.